The predicted octanol–water partition coefficient (Wildman–Crippen LogP) is 3.35. The molecule has 0 saturated heterocycles. The number of fused-ring (bicyclic) bond motifs is 2. The topological polar surface area (TPSA) is 136 Å². The summed E-state index contributed by atoms with van der Waals surface area (Å²) in [6, 6.07) is 8.29. The van der Waals surface area contributed by atoms with Crippen LogP contribution in [0.15, 0.2) is 34.7 Å². The monoisotopic (exact) mass is 444 g/mol. The molecule has 0 spiro atoms. The number of furan rings is 1. The number of rotatable bonds is 9. The van der Waals surface area contributed by atoms with E-state index >= 15 is 0 Å². The van der Waals surface area contributed by atoms with Crippen LogP contribution in [0.2, 0.25) is 0 Å². The molecule has 3 aromatic rings. The summed E-state index contributed by atoms with van der Waals surface area (Å²) in [6.45, 7) is 2.89. The van der Waals surface area contributed by atoms with Crippen molar-refractivity contribution in [1.82, 2.24) is 10.6 Å². The van der Waals surface area contributed by atoms with Crippen molar-refractivity contribution in [2.24, 2.45) is 0 Å². The minimum atomic E-state index is -0.737. The summed E-state index contributed by atoms with van der Waals surface area (Å²) in [5.41, 5.74) is 0.119. The van der Waals surface area contributed by atoms with Crippen molar-refractivity contribution >= 4 is 39.8 Å². The van der Waals surface area contributed by atoms with E-state index in [-0.39, 0.29) is 40.6 Å². The van der Waals surface area contributed by atoms with Crippen LogP contribution in [0.4, 0.5) is 9.59 Å². The molecule has 3 N–H and O–H groups in total. The minimum absolute atomic E-state index is 0.0538. The molecule has 0 fully saturated rings. The Balaban J connectivity index is 1.62. The number of methoxy groups -OCH3 is 1. The average molecular weight is 444 g/mol. The van der Waals surface area contributed by atoms with Gasteiger partial charge in [0.1, 0.15) is 12.4 Å². The van der Waals surface area contributed by atoms with Crippen LogP contribution in [0.25, 0.3) is 21.7 Å². The number of ketones is 1. The number of ether oxygens (including phenoxy) is 3. The van der Waals surface area contributed by atoms with Crippen LogP contribution >= 0.6 is 0 Å². The quantitative estimate of drug-likeness (QED) is 0.258. The normalized spacial score (nSPS) is 10.8. The molecule has 0 aliphatic rings. The van der Waals surface area contributed by atoms with E-state index in [1.807, 2.05) is 0 Å². The Kier molecular flexibility index (Phi) is 7.50. The van der Waals surface area contributed by atoms with E-state index < -0.39 is 12.2 Å². The maximum atomic E-state index is 12.4. The average Bonchev–Trinajstić information content (AvgIpc) is 3.24. The lowest BCUT2D eigenvalue weighted by molar-refractivity contribution is 0.0734. The summed E-state index contributed by atoms with van der Waals surface area (Å²) in [4.78, 5) is 34.9. The molecule has 1 heterocycles. The zero-order valence-corrected chi connectivity index (χ0v) is 17.7. The first-order valence-corrected chi connectivity index (χ1v) is 9.97. The fraction of sp³-hybridized carbons (Fsp3) is 0.318. The Morgan fingerprint density at radius 2 is 1.81 bits per heavy atom. The van der Waals surface area contributed by atoms with Crippen molar-refractivity contribution in [3.05, 3.63) is 36.1 Å². The number of aromatic hydroxyl groups is 1. The largest absolute Gasteiger partial charge is 0.508 e. The predicted molar refractivity (Wildman–Crippen MR) is 115 cm³/mol. The number of hydrogen-bond acceptors (Lipinski definition) is 9. The molecule has 0 radical (unpaired) electrons. The third kappa shape index (κ3) is 5.27. The Morgan fingerprint density at radius 3 is 2.53 bits per heavy atom. The second-order valence-corrected chi connectivity index (χ2v) is 6.86. The maximum Gasteiger partial charge on any atom is 0.508 e. The number of phenolic OH excluding ortho intramolecular Hbond substituents is 1. The van der Waals surface area contributed by atoms with E-state index in [4.69, 9.17) is 13.9 Å². The molecule has 10 nitrogen and oxygen atoms in total. The first-order chi connectivity index (χ1) is 15.4. The standard InChI is InChI=1S/C22H24N2O8/c1-13(25)17-12-16-18(26)14-6-3-4-7-15(14)19(20(16)31-17)32-21(27)24-9-5-8-23-10-11-30-22(28)29-2/h3-4,6-7,12,23,26H,5,8-11H2,1-2H3,(H,24,27). The van der Waals surface area contributed by atoms with Gasteiger partial charge in [0.05, 0.1) is 12.5 Å². The van der Waals surface area contributed by atoms with Crippen LogP contribution in [0.5, 0.6) is 11.5 Å². The van der Waals surface area contributed by atoms with Crippen LogP contribution in [0.3, 0.4) is 0 Å². The molecule has 0 aliphatic heterocycles. The second-order valence-electron chi connectivity index (χ2n) is 6.86. The van der Waals surface area contributed by atoms with Gasteiger partial charge in [-0.25, -0.2) is 9.59 Å². The van der Waals surface area contributed by atoms with Gasteiger partial charge in [-0.1, -0.05) is 24.3 Å². The van der Waals surface area contributed by atoms with Gasteiger partial charge in [-0.2, -0.15) is 0 Å². The number of hydrogen-bond donors (Lipinski definition) is 3. The van der Waals surface area contributed by atoms with Crippen molar-refractivity contribution in [1.29, 1.82) is 0 Å². The molecule has 0 bridgehead atoms. The molecule has 0 unspecified atom stereocenters. The van der Waals surface area contributed by atoms with Gasteiger partial charge in [-0.15, -0.1) is 0 Å². The van der Waals surface area contributed by atoms with E-state index in [9.17, 15) is 19.5 Å². The number of carbonyl (C=O) groups is 3. The molecule has 0 saturated carbocycles. The Morgan fingerprint density at radius 1 is 1.06 bits per heavy atom. The molecule has 1 amide bonds. The third-order valence-electron chi connectivity index (χ3n) is 4.63. The van der Waals surface area contributed by atoms with E-state index in [1.54, 1.807) is 24.3 Å². The van der Waals surface area contributed by atoms with Crippen LogP contribution in [0.1, 0.15) is 23.9 Å². The zero-order valence-electron chi connectivity index (χ0n) is 17.7. The highest BCUT2D eigenvalue weighted by molar-refractivity contribution is 6.11. The summed E-state index contributed by atoms with van der Waals surface area (Å²) in [6.07, 6.45) is -0.829. The third-order valence-corrected chi connectivity index (χ3v) is 4.63. The van der Waals surface area contributed by atoms with Gasteiger partial charge in [0.2, 0.25) is 0 Å². The minimum Gasteiger partial charge on any atom is -0.507 e. The lowest BCUT2D eigenvalue weighted by Gasteiger charge is -2.11. The number of Topliss-reactive ketones (excluding diaryl/α,β-unsaturated/α-hetero) is 1. The highest BCUT2D eigenvalue weighted by Crippen LogP contribution is 2.43. The van der Waals surface area contributed by atoms with E-state index in [2.05, 4.69) is 15.4 Å². The molecular formula is C22H24N2O8. The SMILES string of the molecule is COC(=O)OCCNCCCNC(=O)Oc1c2ccccc2c(O)c2cc(C(C)=O)oc12. The van der Waals surface area contributed by atoms with Crippen molar-refractivity contribution in [2.75, 3.05) is 33.4 Å². The van der Waals surface area contributed by atoms with E-state index in [1.165, 1.54) is 20.1 Å². The molecule has 32 heavy (non-hydrogen) atoms. The summed E-state index contributed by atoms with van der Waals surface area (Å²) < 4.78 is 20.2. The van der Waals surface area contributed by atoms with Crippen molar-refractivity contribution in [3.8, 4) is 11.5 Å². The van der Waals surface area contributed by atoms with Crippen molar-refractivity contribution in [3.63, 3.8) is 0 Å². The Hall–Kier alpha value is -3.79. The van der Waals surface area contributed by atoms with Gasteiger partial charge < -0.3 is 34.4 Å². The van der Waals surface area contributed by atoms with Crippen molar-refractivity contribution in [2.45, 2.75) is 13.3 Å². The van der Waals surface area contributed by atoms with Crippen LogP contribution in [-0.4, -0.2) is 56.5 Å². The highest BCUT2D eigenvalue weighted by Gasteiger charge is 2.22. The van der Waals surface area contributed by atoms with Gasteiger partial charge in [0, 0.05) is 30.8 Å². The highest BCUT2D eigenvalue weighted by atomic mass is 16.7. The molecular weight excluding hydrogens is 420 g/mol. The molecule has 2 aromatic carbocycles. The number of nitrogens with one attached hydrogen (secondary N) is 2. The fourth-order valence-electron chi connectivity index (χ4n) is 3.09. The first-order valence-electron chi connectivity index (χ1n) is 9.97. The first kappa shape index (κ1) is 22.9. The number of carbonyl (C=O) groups excluding carboxylic acids is 3. The Bertz CT molecular complexity index is 1140. The number of benzene rings is 2. The molecule has 3 rings (SSSR count). The van der Waals surface area contributed by atoms with Crippen LogP contribution in [-0.2, 0) is 9.47 Å². The second kappa shape index (κ2) is 10.5. The molecule has 10 heteroatoms. The van der Waals surface area contributed by atoms with Crippen LogP contribution in [0, 0.1) is 0 Å². The van der Waals surface area contributed by atoms with Gasteiger partial charge >= 0.3 is 12.2 Å². The van der Waals surface area contributed by atoms with Gasteiger partial charge in [0.15, 0.2) is 22.9 Å². The van der Waals surface area contributed by atoms with E-state index in [0.717, 1.165) is 0 Å². The van der Waals surface area contributed by atoms with Gasteiger partial charge in [-0.05, 0) is 19.0 Å². The Labute approximate surface area is 183 Å². The van der Waals surface area contributed by atoms with Crippen LogP contribution < -0.4 is 15.4 Å². The lowest BCUT2D eigenvalue weighted by Crippen LogP contribution is -2.30. The molecule has 1 aromatic heterocycles. The fourth-order valence-corrected chi connectivity index (χ4v) is 3.09. The van der Waals surface area contributed by atoms with Crippen molar-refractivity contribution < 1.29 is 38.1 Å². The van der Waals surface area contributed by atoms with Gasteiger partial charge in [0.25, 0.3) is 0 Å². The summed E-state index contributed by atoms with van der Waals surface area (Å²) in [5, 5.41) is 17.5. The zero-order chi connectivity index (χ0) is 23.1. The van der Waals surface area contributed by atoms with E-state index in [0.29, 0.717) is 36.8 Å². The maximum absolute atomic E-state index is 12.4. The smallest absolute Gasteiger partial charge is 0.507 e. The summed E-state index contributed by atoms with van der Waals surface area (Å²) in [7, 11) is 1.24. The lowest BCUT2D eigenvalue weighted by atomic mass is 10.1. The molecule has 0 aliphatic carbocycles. The molecule has 170 valence electrons. The van der Waals surface area contributed by atoms with Gasteiger partial charge in [-0.3, -0.25) is 4.79 Å². The summed E-state index contributed by atoms with van der Waals surface area (Å²) in [5.74, 6) is -0.194. The number of amides is 1. The number of phenols is 1. The molecule has 0 atom stereocenters. The summed E-state index contributed by atoms with van der Waals surface area (Å²) >= 11 is 0.